The lowest BCUT2D eigenvalue weighted by Gasteiger charge is -2.05. The fourth-order valence-corrected chi connectivity index (χ4v) is 2.58. The number of thioether (sulfide) groups is 1. The van der Waals surface area contributed by atoms with E-state index in [2.05, 4.69) is 22.4 Å². The number of pyridine rings is 1. The monoisotopic (exact) mass is 306 g/mol. The minimum Gasteiger partial charge on any atom is -0.352 e. The van der Waals surface area contributed by atoms with E-state index in [1.54, 1.807) is 23.9 Å². The van der Waals surface area contributed by atoms with E-state index in [0.29, 0.717) is 17.3 Å². The van der Waals surface area contributed by atoms with Crippen molar-refractivity contribution in [3.05, 3.63) is 59.4 Å². The summed E-state index contributed by atoms with van der Waals surface area (Å²) in [5.41, 5.74) is 0.533. The van der Waals surface area contributed by atoms with Gasteiger partial charge in [0, 0.05) is 17.6 Å². The van der Waals surface area contributed by atoms with E-state index in [1.165, 1.54) is 11.1 Å². The normalized spacial score (nSPS) is 10.2. The molecule has 1 N–H and O–H groups in total. The van der Waals surface area contributed by atoms with Crippen LogP contribution in [0.4, 0.5) is 0 Å². The van der Waals surface area contributed by atoms with E-state index in [9.17, 15) is 4.79 Å². The molecule has 0 saturated heterocycles. The van der Waals surface area contributed by atoms with E-state index in [-0.39, 0.29) is 5.91 Å². The Hall–Kier alpha value is -1.52. The molecule has 3 nitrogen and oxygen atoms in total. The van der Waals surface area contributed by atoms with Crippen LogP contribution >= 0.6 is 23.4 Å². The van der Waals surface area contributed by atoms with E-state index < -0.39 is 0 Å². The van der Waals surface area contributed by atoms with Gasteiger partial charge in [-0.1, -0.05) is 29.8 Å². The molecule has 0 aliphatic carbocycles. The Bertz CT molecular complexity index is 546. The summed E-state index contributed by atoms with van der Waals surface area (Å²) in [6, 6.07) is 13.5. The summed E-state index contributed by atoms with van der Waals surface area (Å²) in [6.45, 7) is 0.654. The maximum Gasteiger partial charge on any atom is 0.252 e. The zero-order chi connectivity index (χ0) is 14.2. The minimum absolute atomic E-state index is 0.112. The van der Waals surface area contributed by atoms with Gasteiger partial charge in [0.25, 0.3) is 5.91 Å². The second-order valence-corrected chi connectivity index (χ2v) is 5.70. The smallest absolute Gasteiger partial charge is 0.252 e. The average Bonchev–Trinajstić information content (AvgIpc) is 2.48. The number of nitrogens with zero attached hydrogens (tertiary/aromatic N) is 1. The van der Waals surface area contributed by atoms with E-state index in [1.807, 2.05) is 18.2 Å². The van der Waals surface area contributed by atoms with Gasteiger partial charge in [0.1, 0.15) is 5.15 Å². The van der Waals surface area contributed by atoms with Crippen molar-refractivity contribution in [1.29, 1.82) is 0 Å². The van der Waals surface area contributed by atoms with Crippen molar-refractivity contribution >= 4 is 29.3 Å². The number of benzene rings is 1. The quantitative estimate of drug-likeness (QED) is 0.503. The van der Waals surface area contributed by atoms with Crippen molar-refractivity contribution in [1.82, 2.24) is 10.3 Å². The first-order chi connectivity index (χ1) is 9.75. The molecule has 2 aromatic rings. The first kappa shape index (κ1) is 14.9. The maximum atomic E-state index is 11.8. The number of rotatable bonds is 6. The molecule has 1 amide bonds. The van der Waals surface area contributed by atoms with Crippen LogP contribution in [0, 0.1) is 0 Å². The molecule has 20 heavy (non-hydrogen) atoms. The Morgan fingerprint density at radius 1 is 1.20 bits per heavy atom. The lowest BCUT2D eigenvalue weighted by molar-refractivity contribution is 0.0953. The molecule has 0 aliphatic heterocycles. The molecule has 0 aliphatic rings. The average molecular weight is 307 g/mol. The highest BCUT2D eigenvalue weighted by Crippen LogP contribution is 2.17. The van der Waals surface area contributed by atoms with Gasteiger partial charge in [0.2, 0.25) is 0 Å². The summed E-state index contributed by atoms with van der Waals surface area (Å²) in [7, 11) is 0. The molecule has 0 spiro atoms. The van der Waals surface area contributed by atoms with Crippen molar-refractivity contribution in [2.45, 2.75) is 11.3 Å². The predicted octanol–water partition coefficient (Wildman–Crippen LogP) is 3.65. The van der Waals surface area contributed by atoms with Gasteiger partial charge in [-0.3, -0.25) is 4.79 Å². The van der Waals surface area contributed by atoms with Crippen LogP contribution in [-0.4, -0.2) is 23.2 Å². The highest BCUT2D eigenvalue weighted by Gasteiger charge is 2.04. The van der Waals surface area contributed by atoms with Crippen molar-refractivity contribution in [3.8, 4) is 0 Å². The van der Waals surface area contributed by atoms with Gasteiger partial charge in [0.15, 0.2) is 0 Å². The molecule has 1 heterocycles. The molecular weight excluding hydrogens is 292 g/mol. The van der Waals surface area contributed by atoms with Crippen molar-refractivity contribution in [2.75, 3.05) is 12.3 Å². The van der Waals surface area contributed by atoms with Crippen molar-refractivity contribution in [3.63, 3.8) is 0 Å². The summed E-state index contributed by atoms with van der Waals surface area (Å²) in [4.78, 5) is 16.9. The molecule has 0 atom stereocenters. The summed E-state index contributed by atoms with van der Waals surface area (Å²) >= 11 is 7.46. The lowest BCUT2D eigenvalue weighted by atomic mass is 10.2. The fraction of sp³-hybridized carbons (Fsp3) is 0.200. The Labute approximate surface area is 127 Å². The molecule has 1 aromatic carbocycles. The standard InChI is InChI=1S/C15H15ClN2OS/c16-14-8-7-12(11-18-14)15(19)17-9-4-10-20-13-5-2-1-3-6-13/h1-3,5-8,11H,4,9-10H2,(H,17,19). The van der Waals surface area contributed by atoms with Crippen LogP contribution in [0.15, 0.2) is 53.6 Å². The lowest BCUT2D eigenvalue weighted by Crippen LogP contribution is -2.24. The molecule has 104 valence electrons. The molecule has 0 bridgehead atoms. The van der Waals surface area contributed by atoms with Gasteiger partial charge in [-0.2, -0.15) is 0 Å². The third-order valence-electron chi connectivity index (χ3n) is 2.61. The van der Waals surface area contributed by atoms with Crippen molar-refractivity contribution in [2.24, 2.45) is 0 Å². The van der Waals surface area contributed by atoms with Gasteiger partial charge in [-0.25, -0.2) is 4.98 Å². The van der Waals surface area contributed by atoms with Crippen LogP contribution in [0.5, 0.6) is 0 Å². The number of hydrogen-bond donors (Lipinski definition) is 1. The first-order valence-corrected chi connectivity index (χ1v) is 7.69. The van der Waals surface area contributed by atoms with Gasteiger partial charge >= 0.3 is 0 Å². The van der Waals surface area contributed by atoms with Crippen LogP contribution in [-0.2, 0) is 0 Å². The van der Waals surface area contributed by atoms with Crippen LogP contribution in [0.25, 0.3) is 0 Å². The molecule has 5 heteroatoms. The number of carbonyl (C=O) groups is 1. The number of amides is 1. The molecule has 2 rings (SSSR count). The minimum atomic E-state index is -0.112. The number of aromatic nitrogens is 1. The third kappa shape index (κ3) is 4.87. The Morgan fingerprint density at radius 2 is 2.00 bits per heavy atom. The van der Waals surface area contributed by atoms with E-state index in [0.717, 1.165) is 12.2 Å². The van der Waals surface area contributed by atoms with Crippen molar-refractivity contribution < 1.29 is 4.79 Å². The van der Waals surface area contributed by atoms with Crippen LogP contribution in [0.1, 0.15) is 16.8 Å². The predicted molar refractivity (Wildman–Crippen MR) is 83.4 cm³/mol. The second-order valence-electron chi connectivity index (χ2n) is 4.14. The number of nitrogens with one attached hydrogen (secondary N) is 1. The zero-order valence-corrected chi connectivity index (χ0v) is 12.5. The Balaban J connectivity index is 1.66. The fourth-order valence-electron chi connectivity index (χ4n) is 1.59. The van der Waals surface area contributed by atoms with E-state index >= 15 is 0 Å². The second kappa shape index (κ2) is 7.92. The Morgan fingerprint density at radius 3 is 2.70 bits per heavy atom. The van der Waals surface area contributed by atoms with Gasteiger partial charge < -0.3 is 5.32 Å². The number of halogens is 1. The third-order valence-corrected chi connectivity index (χ3v) is 3.93. The number of hydrogen-bond acceptors (Lipinski definition) is 3. The highest BCUT2D eigenvalue weighted by atomic mass is 35.5. The molecular formula is C15H15ClN2OS. The first-order valence-electron chi connectivity index (χ1n) is 6.33. The SMILES string of the molecule is O=C(NCCCSc1ccccc1)c1ccc(Cl)nc1. The highest BCUT2D eigenvalue weighted by molar-refractivity contribution is 7.99. The summed E-state index contributed by atoms with van der Waals surface area (Å²) in [6.07, 6.45) is 2.41. The largest absolute Gasteiger partial charge is 0.352 e. The molecule has 1 aromatic heterocycles. The van der Waals surface area contributed by atoms with Crippen LogP contribution in [0.3, 0.4) is 0 Å². The molecule has 0 fully saturated rings. The molecule has 0 unspecified atom stereocenters. The zero-order valence-electron chi connectivity index (χ0n) is 10.9. The summed E-state index contributed by atoms with van der Waals surface area (Å²) < 4.78 is 0. The number of carbonyl (C=O) groups excluding carboxylic acids is 1. The molecule has 0 radical (unpaired) electrons. The summed E-state index contributed by atoms with van der Waals surface area (Å²) in [5.74, 6) is 0.863. The van der Waals surface area contributed by atoms with Gasteiger partial charge in [0.05, 0.1) is 5.56 Å². The van der Waals surface area contributed by atoms with Crippen LogP contribution < -0.4 is 5.32 Å². The van der Waals surface area contributed by atoms with Gasteiger partial charge in [-0.05, 0) is 36.4 Å². The maximum absolute atomic E-state index is 11.8. The van der Waals surface area contributed by atoms with Gasteiger partial charge in [-0.15, -0.1) is 11.8 Å². The topological polar surface area (TPSA) is 42.0 Å². The molecule has 0 saturated carbocycles. The van der Waals surface area contributed by atoms with Crippen LogP contribution in [0.2, 0.25) is 5.15 Å². The Kier molecular flexibility index (Phi) is 5.89. The van der Waals surface area contributed by atoms with E-state index in [4.69, 9.17) is 11.6 Å². The summed E-state index contributed by atoms with van der Waals surface area (Å²) in [5, 5.41) is 3.26.